The van der Waals surface area contributed by atoms with Crippen LogP contribution in [0, 0.1) is 6.92 Å². The van der Waals surface area contributed by atoms with Crippen LogP contribution in [0.4, 0.5) is 18.9 Å². The van der Waals surface area contributed by atoms with E-state index in [2.05, 4.69) is 10.4 Å². The van der Waals surface area contributed by atoms with Crippen LogP contribution < -0.4 is 5.32 Å². The highest BCUT2D eigenvalue weighted by atomic mass is 32.2. The Kier molecular flexibility index (Phi) is 6.23. The van der Waals surface area contributed by atoms with Crippen molar-refractivity contribution in [2.75, 3.05) is 18.4 Å². The zero-order valence-electron chi connectivity index (χ0n) is 16.7. The number of anilines is 1. The van der Waals surface area contributed by atoms with E-state index in [1.165, 1.54) is 29.6 Å². The number of carbonyl (C=O) groups excluding carboxylic acids is 1. The Morgan fingerprint density at radius 3 is 2.37 bits per heavy atom. The molecule has 2 aromatic rings. The van der Waals surface area contributed by atoms with Gasteiger partial charge < -0.3 is 5.32 Å². The zero-order chi connectivity index (χ0) is 22.1. The number of nitrogens with zero attached hydrogens (tertiary/aromatic N) is 3. The minimum atomic E-state index is -4.79. The molecule has 7 nitrogen and oxygen atoms in total. The third-order valence-electron chi connectivity index (χ3n) is 4.97. The summed E-state index contributed by atoms with van der Waals surface area (Å²) in [6.45, 7) is 2.48. The molecule has 0 bridgehead atoms. The molecule has 0 saturated carbocycles. The molecule has 0 spiro atoms. The fourth-order valence-corrected chi connectivity index (χ4v) is 5.21. The van der Waals surface area contributed by atoms with E-state index in [4.69, 9.17) is 0 Å². The minimum Gasteiger partial charge on any atom is -0.322 e. The maximum absolute atomic E-state index is 13.1. The molecule has 0 unspecified atom stereocenters. The summed E-state index contributed by atoms with van der Waals surface area (Å²) in [5.41, 5.74) is -1.35. The maximum atomic E-state index is 13.1. The van der Waals surface area contributed by atoms with Gasteiger partial charge >= 0.3 is 6.18 Å². The van der Waals surface area contributed by atoms with Gasteiger partial charge in [0, 0.05) is 32.0 Å². The van der Waals surface area contributed by atoms with Gasteiger partial charge in [-0.2, -0.15) is 22.6 Å². The van der Waals surface area contributed by atoms with E-state index in [1.54, 1.807) is 6.92 Å². The van der Waals surface area contributed by atoms with Gasteiger partial charge in [0.25, 0.3) is 5.91 Å². The molecular weight excluding hydrogens is 421 g/mol. The van der Waals surface area contributed by atoms with Crippen LogP contribution >= 0.6 is 0 Å². The molecule has 164 valence electrons. The Bertz CT molecular complexity index is 1040. The van der Waals surface area contributed by atoms with Gasteiger partial charge in [0.2, 0.25) is 10.0 Å². The van der Waals surface area contributed by atoms with Crippen molar-refractivity contribution in [3.63, 3.8) is 0 Å². The van der Waals surface area contributed by atoms with Gasteiger partial charge in [0.15, 0.2) is 5.69 Å². The average Bonchev–Trinajstić information content (AvgIpc) is 2.88. The molecule has 1 N–H and O–H groups in total. The lowest BCUT2D eigenvalue weighted by molar-refractivity contribution is -0.141. The van der Waals surface area contributed by atoms with Crippen molar-refractivity contribution in [3.8, 4) is 0 Å². The zero-order valence-corrected chi connectivity index (χ0v) is 17.5. The molecule has 1 aliphatic rings. The van der Waals surface area contributed by atoms with Gasteiger partial charge in [-0.05, 0) is 37.5 Å². The van der Waals surface area contributed by atoms with Crippen molar-refractivity contribution >= 4 is 21.6 Å². The molecule has 3 rings (SSSR count). The Morgan fingerprint density at radius 2 is 1.77 bits per heavy atom. The van der Waals surface area contributed by atoms with Crippen LogP contribution in [-0.4, -0.2) is 41.5 Å². The second kappa shape index (κ2) is 8.38. The number of sulfonamides is 1. The fourth-order valence-electron chi connectivity index (χ4n) is 3.44. The predicted octanol–water partition coefficient (Wildman–Crippen LogP) is 3.56. The van der Waals surface area contributed by atoms with Gasteiger partial charge in [-0.3, -0.25) is 9.48 Å². The van der Waals surface area contributed by atoms with Gasteiger partial charge in [-0.15, -0.1) is 0 Å². The SMILES string of the molecule is Cc1ccc(NC(=O)c2cn(C)nc2C(F)(F)F)cc1S(=O)(=O)N1CCCCCC1. The molecule has 1 fully saturated rings. The van der Waals surface area contributed by atoms with E-state index in [-0.39, 0.29) is 10.6 Å². The van der Waals surface area contributed by atoms with Gasteiger partial charge in [0.05, 0.1) is 10.5 Å². The molecule has 0 atom stereocenters. The van der Waals surface area contributed by atoms with Crippen LogP contribution in [0.1, 0.15) is 47.3 Å². The summed E-state index contributed by atoms with van der Waals surface area (Å²) in [6.07, 6.45) is -0.336. The summed E-state index contributed by atoms with van der Waals surface area (Å²) < 4.78 is 67.9. The number of rotatable bonds is 4. The standard InChI is InChI=1S/C19H23F3N4O3S/c1-13-7-8-14(11-16(13)30(28,29)26-9-5-3-4-6-10-26)23-18(27)15-12-25(2)24-17(15)19(20,21)22/h7-8,11-12H,3-6,9-10H2,1-2H3,(H,23,27). The van der Waals surface area contributed by atoms with Crippen LogP contribution in [0.15, 0.2) is 29.3 Å². The number of hydrogen-bond donors (Lipinski definition) is 1. The largest absolute Gasteiger partial charge is 0.435 e. The lowest BCUT2D eigenvalue weighted by atomic mass is 10.2. The van der Waals surface area contributed by atoms with Crippen LogP contribution in [0.2, 0.25) is 0 Å². The molecule has 11 heteroatoms. The van der Waals surface area contributed by atoms with E-state index in [1.807, 2.05) is 0 Å². The van der Waals surface area contributed by atoms with Crippen LogP contribution in [0.3, 0.4) is 0 Å². The Morgan fingerprint density at radius 1 is 1.13 bits per heavy atom. The maximum Gasteiger partial charge on any atom is 0.435 e. The van der Waals surface area contributed by atoms with Crippen molar-refractivity contribution in [1.29, 1.82) is 0 Å². The van der Waals surface area contributed by atoms with E-state index in [0.717, 1.165) is 36.6 Å². The first-order valence-corrected chi connectivity index (χ1v) is 11.0. The number of amides is 1. The molecule has 1 saturated heterocycles. The smallest absolute Gasteiger partial charge is 0.322 e. The molecule has 30 heavy (non-hydrogen) atoms. The van der Waals surface area contributed by atoms with Crippen molar-refractivity contribution < 1.29 is 26.4 Å². The van der Waals surface area contributed by atoms with Crippen LogP contribution in [-0.2, 0) is 23.2 Å². The first-order valence-electron chi connectivity index (χ1n) is 9.53. The topological polar surface area (TPSA) is 84.3 Å². The third kappa shape index (κ3) is 4.67. The van der Waals surface area contributed by atoms with E-state index in [9.17, 15) is 26.4 Å². The number of alkyl halides is 3. The molecular formula is C19H23F3N4O3S. The highest BCUT2D eigenvalue weighted by Crippen LogP contribution is 2.31. The van der Waals surface area contributed by atoms with E-state index in [0.29, 0.717) is 18.7 Å². The van der Waals surface area contributed by atoms with E-state index < -0.39 is 33.4 Å². The molecule has 0 aliphatic carbocycles. The lowest BCUT2D eigenvalue weighted by Crippen LogP contribution is -2.32. The summed E-state index contributed by atoms with van der Waals surface area (Å²) in [5.74, 6) is -1.02. The van der Waals surface area contributed by atoms with Gasteiger partial charge in [-0.25, -0.2) is 8.42 Å². The number of halogens is 3. The number of nitrogens with one attached hydrogen (secondary N) is 1. The van der Waals surface area contributed by atoms with Gasteiger partial charge in [-0.1, -0.05) is 18.9 Å². The second-order valence-electron chi connectivity index (χ2n) is 7.32. The van der Waals surface area contributed by atoms with Crippen LogP contribution in [0.25, 0.3) is 0 Å². The highest BCUT2D eigenvalue weighted by Gasteiger charge is 2.39. The summed E-state index contributed by atoms with van der Waals surface area (Å²) >= 11 is 0. The quantitative estimate of drug-likeness (QED) is 0.782. The van der Waals surface area contributed by atoms with Crippen LogP contribution in [0.5, 0.6) is 0 Å². The molecule has 1 amide bonds. The summed E-state index contributed by atoms with van der Waals surface area (Å²) in [4.78, 5) is 12.5. The molecule has 1 aliphatic heterocycles. The molecule has 2 heterocycles. The first kappa shape index (κ1) is 22.3. The summed E-state index contributed by atoms with van der Waals surface area (Å²) in [6, 6.07) is 4.27. The van der Waals surface area contributed by atoms with Gasteiger partial charge in [0.1, 0.15) is 0 Å². The van der Waals surface area contributed by atoms with E-state index >= 15 is 0 Å². The summed E-state index contributed by atoms with van der Waals surface area (Å²) in [7, 11) is -2.50. The Labute approximate surface area is 172 Å². The average molecular weight is 444 g/mol. The molecule has 1 aromatic carbocycles. The fraction of sp³-hybridized carbons (Fsp3) is 0.474. The lowest BCUT2D eigenvalue weighted by Gasteiger charge is -2.21. The Hall–Kier alpha value is -2.40. The third-order valence-corrected chi connectivity index (χ3v) is 7.01. The Balaban J connectivity index is 1.90. The number of benzene rings is 1. The molecule has 0 radical (unpaired) electrons. The van der Waals surface area contributed by atoms with Crippen molar-refractivity contribution in [2.24, 2.45) is 7.05 Å². The minimum absolute atomic E-state index is 0.0319. The van der Waals surface area contributed by atoms with Crippen molar-refractivity contribution in [3.05, 3.63) is 41.2 Å². The van der Waals surface area contributed by atoms with Crippen molar-refractivity contribution in [2.45, 2.75) is 43.7 Å². The number of carbonyl (C=O) groups is 1. The normalized spacial score (nSPS) is 16.3. The number of aromatic nitrogens is 2. The first-order chi connectivity index (χ1) is 14.0. The predicted molar refractivity (Wildman–Crippen MR) is 105 cm³/mol. The number of aryl methyl sites for hydroxylation is 2. The highest BCUT2D eigenvalue weighted by molar-refractivity contribution is 7.89. The molecule has 1 aromatic heterocycles. The van der Waals surface area contributed by atoms with Crippen molar-refractivity contribution in [1.82, 2.24) is 14.1 Å². The second-order valence-corrected chi connectivity index (χ2v) is 9.22. The summed E-state index contributed by atoms with van der Waals surface area (Å²) in [5, 5.41) is 5.68. The monoisotopic (exact) mass is 444 g/mol. The number of hydrogen-bond acceptors (Lipinski definition) is 4.